The van der Waals surface area contributed by atoms with Crippen LogP contribution >= 0.6 is 0 Å². The highest BCUT2D eigenvalue weighted by atomic mass is 28.3. The van der Waals surface area contributed by atoms with Gasteiger partial charge in [-0.2, -0.15) is 5.10 Å². The Balaban J connectivity index is 2.01. The summed E-state index contributed by atoms with van der Waals surface area (Å²) in [5.74, 6) is -0.361. The van der Waals surface area contributed by atoms with Gasteiger partial charge in [-0.15, -0.1) is 4.68 Å². The molecule has 0 saturated heterocycles. The molecule has 0 aliphatic heterocycles. The second-order valence-electron chi connectivity index (χ2n) is 13.1. The molecule has 2 amide bonds. The van der Waals surface area contributed by atoms with E-state index in [0.717, 1.165) is 11.6 Å². The lowest BCUT2D eigenvalue weighted by molar-refractivity contribution is -0.789. The van der Waals surface area contributed by atoms with Crippen LogP contribution in [0.25, 0.3) is 11.4 Å². The summed E-state index contributed by atoms with van der Waals surface area (Å²) in [6.45, 7) is 12.2. The van der Waals surface area contributed by atoms with Crippen molar-refractivity contribution in [1.82, 2.24) is 20.3 Å². The third-order valence-electron chi connectivity index (χ3n) is 6.64. The van der Waals surface area contributed by atoms with E-state index in [1.807, 2.05) is 48.5 Å². The lowest BCUT2D eigenvalue weighted by Crippen LogP contribution is -2.50. The second-order valence-corrected chi connectivity index (χ2v) is 18.7. The molecular weight excluding hydrogens is 608 g/mol. The van der Waals surface area contributed by atoms with Crippen molar-refractivity contribution in [3.63, 3.8) is 0 Å². The second kappa shape index (κ2) is 16.2. The van der Waals surface area contributed by atoms with Crippen LogP contribution in [-0.4, -0.2) is 71.6 Å². The number of nitrogens with zero attached hydrogens (tertiary/aromatic N) is 3. The van der Waals surface area contributed by atoms with Gasteiger partial charge in [-0.25, -0.2) is 9.59 Å². The first-order valence-corrected chi connectivity index (χ1v) is 18.9. The molecule has 0 saturated carbocycles. The van der Waals surface area contributed by atoms with Crippen LogP contribution < -0.4 is 15.7 Å². The zero-order chi connectivity index (χ0) is 33.9. The molecule has 0 fully saturated rings. The van der Waals surface area contributed by atoms with Gasteiger partial charge in [-0.3, -0.25) is 4.79 Å². The van der Waals surface area contributed by atoms with Gasteiger partial charge in [-0.1, -0.05) is 62.1 Å². The smallest absolute Gasteiger partial charge is 0.410 e. The number of anilines is 1. The average Bonchev–Trinajstić information content (AvgIpc) is 3.39. The molecule has 2 aromatic carbocycles. The summed E-state index contributed by atoms with van der Waals surface area (Å²) in [7, 11) is -1.37. The summed E-state index contributed by atoms with van der Waals surface area (Å²) < 4.78 is 18.8. The molecule has 250 valence electrons. The average molecular weight is 656 g/mol. The van der Waals surface area contributed by atoms with Crippen molar-refractivity contribution in [2.75, 3.05) is 25.4 Å². The minimum atomic E-state index is -1.37. The molecule has 1 atom stereocenters. The largest absolute Gasteiger partial charge is 0.481 e. The molecule has 46 heavy (non-hydrogen) atoms. The number of aromatic amines is 1. The van der Waals surface area contributed by atoms with Crippen LogP contribution in [0.4, 0.5) is 15.3 Å². The van der Waals surface area contributed by atoms with Gasteiger partial charge in [-0.05, 0) is 49.5 Å². The van der Waals surface area contributed by atoms with Crippen molar-refractivity contribution in [2.24, 2.45) is 0 Å². The summed E-state index contributed by atoms with van der Waals surface area (Å²) >= 11 is 0. The van der Waals surface area contributed by atoms with Crippen LogP contribution in [0.5, 0.6) is 0 Å². The SMILES string of the molecule is CC(C)(C)OC(=O)N(CCC(=O)O)C[C@H](NC(=O)OCc1ccccc1)c1nc(-c2ccccc2N)[nH][n+]1COCC[Si](C)(C)C. The Morgan fingerprint density at radius 2 is 1.76 bits per heavy atom. The van der Waals surface area contributed by atoms with E-state index in [1.54, 1.807) is 31.5 Å². The van der Waals surface area contributed by atoms with E-state index in [9.17, 15) is 19.5 Å². The number of H-pyrrole nitrogens is 1. The minimum absolute atomic E-state index is 0.0142. The van der Waals surface area contributed by atoms with E-state index >= 15 is 0 Å². The molecular formula is C32H47N6O7Si+. The van der Waals surface area contributed by atoms with E-state index in [4.69, 9.17) is 24.9 Å². The number of carboxylic acids is 1. The molecule has 0 aliphatic rings. The summed E-state index contributed by atoms with van der Waals surface area (Å²) in [6, 6.07) is 16.4. The zero-order valence-electron chi connectivity index (χ0n) is 27.5. The molecule has 0 bridgehead atoms. The number of carbonyl (C=O) groups excluding carboxylic acids is 2. The van der Waals surface area contributed by atoms with Crippen LogP contribution in [0.3, 0.4) is 0 Å². The van der Waals surface area contributed by atoms with E-state index in [1.165, 1.54) is 4.90 Å². The Bertz CT molecular complexity index is 1450. The molecule has 1 aromatic heterocycles. The number of hydrogen-bond acceptors (Lipinski definition) is 8. The zero-order valence-corrected chi connectivity index (χ0v) is 28.5. The highest BCUT2D eigenvalue weighted by Gasteiger charge is 2.36. The fourth-order valence-electron chi connectivity index (χ4n) is 4.25. The summed E-state index contributed by atoms with van der Waals surface area (Å²) in [6.07, 6.45) is -1.83. The predicted octanol–water partition coefficient (Wildman–Crippen LogP) is 4.94. The van der Waals surface area contributed by atoms with Gasteiger partial charge in [0, 0.05) is 26.9 Å². The van der Waals surface area contributed by atoms with Gasteiger partial charge in [0.15, 0.2) is 6.04 Å². The van der Waals surface area contributed by atoms with Gasteiger partial charge in [0.1, 0.15) is 12.2 Å². The van der Waals surface area contributed by atoms with Crippen molar-refractivity contribution in [1.29, 1.82) is 0 Å². The topological polar surface area (TPSA) is 173 Å². The number of carbonyl (C=O) groups is 3. The van der Waals surface area contributed by atoms with Crippen LogP contribution in [0, 0.1) is 0 Å². The minimum Gasteiger partial charge on any atom is -0.481 e. The number of rotatable bonds is 15. The summed E-state index contributed by atoms with van der Waals surface area (Å²) in [5, 5.41) is 15.5. The molecule has 14 heteroatoms. The Kier molecular flexibility index (Phi) is 12.7. The van der Waals surface area contributed by atoms with Crippen molar-refractivity contribution in [3.05, 3.63) is 66.0 Å². The van der Waals surface area contributed by atoms with Crippen LogP contribution in [-0.2, 0) is 32.3 Å². The van der Waals surface area contributed by atoms with Gasteiger partial charge in [0.25, 0.3) is 5.82 Å². The maximum absolute atomic E-state index is 13.3. The number of aliphatic carboxylic acids is 1. The lowest BCUT2D eigenvalue weighted by atomic mass is 10.2. The third kappa shape index (κ3) is 12.2. The molecule has 13 nitrogen and oxygen atoms in total. The van der Waals surface area contributed by atoms with Crippen molar-refractivity contribution in [3.8, 4) is 11.4 Å². The number of para-hydroxylation sites is 1. The molecule has 0 radical (unpaired) electrons. The number of nitrogen functional groups attached to an aromatic ring is 1. The molecule has 1 heterocycles. The number of nitrogens with two attached hydrogens (primary N) is 1. The van der Waals surface area contributed by atoms with E-state index < -0.39 is 37.9 Å². The standard InChI is InChI=1S/C32H46N6O7Si/c1-32(2,3)45-31(42)37(17-16-27(39)40)20-26(34-30(41)44-21-23-12-8-7-9-13-23)29-35-28(24-14-10-11-15-25(24)33)36-38(29)22-43-18-19-46(4,5)6/h7-15,26H,16-22H2,1-6H3,(H4,33,34,36,39,40,41)/p+1/t26-/m0/s1. The molecule has 0 spiro atoms. The van der Waals surface area contributed by atoms with Crippen LogP contribution in [0.15, 0.2) is 54.6 Å². The number of alkyl carbamates (subject to hydrolysis) is 1. The van der Waals surface area contributed by atoms with Gasteiger partial charge >= 0.3 is 24.0 Å². The molecule has 0 unspecified atom stereocenters. The number of carboxylic acid groups (broad SMARTS) is 1. The number of aromatic nitrogens is 3. The Morgan fingerprint density at radius 1 is 1.09 bits per heavy atom. The number of hydrogen-bond donors (Lipinski definition) is 4. The van der Waals surface area contributed by atoms with Crippen LogP contribution in [0.2, 0.25) is 25.7 Å². The fourth-order valence-corrected chi connectivity index (χ4v) is 5.01. The highest BCUT2D eigenvalue weighted by molar-refractivity contribution is 6.76. The number of benzene rings is 2. The van der Waals surface area contributed by atoms with Crippen LogP contribution in [0.1, 0.15) is 44.6 Å². The van der Waals surface area contributed by atoms with Gasteiger partial charge < -0.3 is 35.3 Å². The first-order chi connectivity index (χ1) is 21.6. The van der Waals surface area contributed by atoms with Gasteiger partial charge in [0.2, 0.25) is 6.73 Å². The summed E-state index contributed by atoms with van der Waals surface area (Å²) in [5.41, 5.74) is 7.33. The van der Waals surface area contributed by atoms with E-state index in [2.05, 4.69) is 30.1 Å². The molecule has 0 aliphatic carbocycles. The Morgan fingerprint density at radius 3 is 2.39 bits per heavy atom. The first-order valence-electron chi connectivity index (χ1n) is 15.2. The lowest BCUT2D eigenvalue weighted by Gasteiger charge is -2.29. The number of nitrogens with one attached hydrogen (secondary N) is 2. The van der Waals surface area contributed by atoms with E-state index in [0.29, 0.717) is 29.5 Å². The Hall–Kier alpha value is -4.43. The third-order valence-corrected chi connectivity index (χ3v) is 8.35. The maximum atomic E-state index is 13.3. The highest BCUT2D eigenvalue weighted by Crippen LogP contribution is 2.23. The quantitative estimate of drug-likeness (QED) is 0.0766. The van der Waals surface area contributed by atoms with Crippen molar-refractivity contribution >= 4 is 31.9 Å². The fraction of sp³-hybridized carbons (Fsp3) is 0.469. The van der Waals surface area contributed by atoms with E-state index in [-0.39, 0.29) is 32.8 Å². The van der Waals surface area contributed by atoms with Gasteiger partial charge in [0.05, 0.1) is 18.5 Å². The number of ether oxygens (including phenoxy) is 3. The maximum Gasteiger partial charge on any atom is 0.410 e. The molecule has 3 rings (SSSR count). The summed E-state index contributed by atoms with van der Waals surface area (Å²) in [4.78, 5) is 44.1. The number of amides is 2. The molecule has 5 N–H and O–H groups in total. The van der Waals surface area contributed by atoms with Crippen molar-refractivity contribution < 1.29 is 38.4 Å². The normalized spacial score (nSPS) is 12.3. The van der Waals surface area contributed by atoms with Crippen molar-refractivity contribution in [2.45, 2.75) is 77.9 Å². The Labute approximate surface area is 271 Å². The molecule has 3 aromatic rings. The first kappa shape index (κ1) is 36.0. The predicted molar refractivity (Wildman–Crippen MR) is 175 cm³/mol. The monoisotopic (exact) mass is 655 g/mol.